The monoisotopic (exact) mass is 287 g/mol. The Hall–Kier alpha value is -0.780. The highest BCUT2D eigenvalue weighted by atomic mass is 79.9. The van der Waals surface area contributed by atoms with Crippen molar-refractivity contribution in [3.8, 4) is 11.5 Å². The van der Waals surface area contributed by atoms with Crippen LogP contribution in [-0.2, 0) is 6.42 Å². The summed E-state index contributed by atoms with van der Waals surface area (Å²) >= 11 is 3.26. The van der Waals surface area contributed by atoms with Crippen molar-refractivity contribution in [1.29, 1.82) is 0 Å². The number of ether oxygens (including phenoxy) is 1. The van der Waals surface area contributed by atoms with Gasteiger partial charge in [-0.1, -0.05) is 0 Å². The molecule has 0 amide bonds. The molecule has 0 saturated carbocycles. The number of benzene rings is 1. The summed E-state index contributed by atoms with van der Waals surface area (Å²) in [5.41, 5.74) is 0.270. The minimum Gasteiger partial charge on any atom is -0.503 e. The molecule has 1 heterocycles. The molecule has 1 aromatic rings. The Morgan fingerprint density at radius 3 is 2.69 bits per heavy atom. The summed E-state index contributed by atoms with van der Waals surface area (Å²) in [4.78, 5) is 0. The van der Waals surface area contributed by atoms with Gasteiger partial charge in [-0.05, 0) is 33.6 Å². The zero-order valence-corrected chi connectivity index (χ0v) is 10.5. The van der Waals surface area contributed by atoms with Crippen LogP contribution in [0.25, 0.3) is 0 Å². The van der Waals surface area contributed by atoms with E-state index in [2.05, 4.69) is 21.2 Å². The van der Waals surface area contributed by atoms with Crippen LogP contribution in [0.5, 0.6) is 11.5 Å². The molecule has 0 atom stereocenters. The lowest BCUT2D eigenvalue weighted by Gasteiger charge is -2.37. The van der Waals surface area contributed by atoms with Gasteiger partial charge >= 0.3 is 0 Å². The lowest BCUT2D eigenvalue weighted by molar-refractivity contribution is -0.00906. The van der Waals surface area contributed by atoms with Gasteiger partial charge in [-0.15, -0.1) is 0 Å². The fraction of sp³-hybridized carbons (Fsp3) is 0.455. The molecule has 16 heavy (non-hydrogen) atoms. The number of hydrogen-bond donors (Lipinski definition) is 3. The van der Waals surface area contributed by atoms with E-state index in [0.29, 0.717) is 29.7 Å². The summed E-state index contributed by atoms with van der Waals surface area (Å²) in [5, 5.41) is 22.7. The normalized spacial score (nSPS) is 17.9. The fourth-order valence-electron chi connectivity index (χ4n) is 1.80. The predicted octanol–water partition coefficient (Wildman–Crippen LogP) is 1.04. The van der Waals surface area contributed by atoms with Crippen LogP contribution in [0.4, 0.5) is 0 Å². The Balaban J connectivity index is 2.24. The number of β-amino-alcohol motifs (C(OH)–C–C–N with tert-alkyl or cyclic N) is 1. The van der Waals surface area contributed by atoms with Crippen molar-refractivity contribution in [3.63, 3.8) is 0 Å². The minimum absolute atomic E-state index is 0.0879. The van der Waals surface area contributed by atoms with E-state index >= 15 is 0 Å². The number of phenolic OH excluding ortho intramolecular Hbond substituents is 1. The molecule has 5 heteroatoms. The maximum atomic E-state index is 10.0. The molecule has 0 aromatic heterocycles. The molecule has 0 radical (unpaired) electrons. The smallest absolute Gasteiger partial charge is 0.172 e. The third-order valence-electron chi connectivity index (χ3n) is 2.75. The first-order valence-corrected chi connectivity index (χ1v) is 5.82. The first-order valence-electron chi connectivity index (χ1n) is 5.02. The Bertz CT molecular complexity index is 404. The number of halogens is 1. The van der Waals surface area contributed by atoms with Crippen molar-refractivity contribution in [3.05, 3.63) is 22.2 Å². The fourth-order valence-corrected chi connectivity index (χ4v) is 2.29. The molecule has 4 nitrogen and oxygen atoms in total. The van der Waals surface area contributed by atoms with Crippen molar-refractivity contribution >= 4 is 15.9 Å². The molecule has 3 N–H and O–H groups in total. The molecule has 0 bridgehead atoms. The van der Waals surface area contributed by atoms with Gasteiger partial charge in [-0.3, -0.25) is 0 Å². The van der Waals surface area contributed by atoms with Gasteiger partial charge in [0.2, 0.25) is 0 Å². The average molecular weight is 288 g/mol. The maximum absolute atomic E-state index is 10.0. The van der Waals surface area contributed by atoms with E-state index in [1.807, 2.05) is 0 Å². The molecule has 1 fully saturated rings. The molecule has 1 saturated heterocycles. The van der Waals surface area contributed by atoms with Crippen LogP contribution in [0.1, 0.15) is 5.56 Å². The van der Waals surface area contributed by atoms with Gasteiger partial charge in [0.05, 0.1) is 17.2 Å². The van der Waals surface area contributed by atoms with Crippen molar-refractivity contribution in [2.75, 3.05) is 20.2 Å². The highest BCUT2D eigenvalue weighted by molar-refractivity contribution is 9.10. The van der Waals surface area contributed by atoms with Gasteiger partial charge in [-0.25, -0.2) is 0 Å². The Morgan fingerprint density at radius 1 is 1.50 bits per heavy atom. The standard InChI is InChI=1S/C11H14BrNO3/c1-16-9-3-7(2-8(12)10(9)14)4-11(15)5-13-6-11/h2-3,13-15H,4-6H2,1H3. The quantitative estimate of drug-likeness (QED) is 0.778. The zero-order valence-electron chi connectivity index (χ0n) is 8.96. The number of hydrogen-bond acceptors (Lipinski definition) is 4. The van der Waals surface area contributed by atoms with Crippen LogP contribution >= 0.6 is 15.9 Å². The molecule has 1 aliphatic heterocycles. The number of aliphatic hydroxyl groups is 1. The maximum Gasteiger partial charge on any atom is 0.172 e. The van der Waals surface area contributed by atoms with E-state index in [4.69, 9.17) is 4.74 Å². The topological polar surface area (TPSA) is 61.7 Å². The van der Waals surface area contributed by atoms with E-state index < -0.39 is 5.60 Å². The number of nitrogens with one attached hydrogen (secondary N) is 1. The van der Waals surface area contributed by atoms with E-state index in [0.717, 1.165) is 5.56 Å². The van der Waals surface area contributed by atoms with E-state index in [1.165, 1.54) is 7.11 Å². The minimum atomic E-state index is -0.665. The third kappa shape index (κ3) is 2.16. The van der Waals surface area contributed by atoms with Crippen LogP contribution < -0.4 is 10.1 Å². The predicted molar refractivity (Wildman–Crippen MR) is 63.9 cm³/mol. The van der Waals surface area contributed by atoms with Gasteiger partial charge in [0.1, 0.15) is 0 Å². The van der Waals surface area contributed by atoms with Crippen LogP contribution in [0.15, 0.2) is 16.6 Å². The summed E-state index contributed by atoms with van der Waals surface area (Å²) in [6.07, 6.45) is 0.551. The van der Waals surface area contributed by atoms with Gasteiger partial charge in [0.15, 0.2) is 11.5 Å². The second-order valence-corrected chi connectivity index (χ2v) is 4.99. The lowest BCUT2D eigenvalue weighted by Crippen LogP contribution is -2.60. The zero-order chi connectivity index (χ0) is 11.8. The van der Waals surface area contributed by atoms with E-state index in [-0.39, 0.29) is 5.75 Å². The summed E-state index contributed by atoms with van der Waals surface area (Å²) < 4.78 is 5.64. The van der Waals surface area contributed by atoms with Crippen molar-refractivity contribution in [1.82, 2.24) is 5.32 Å². The van der Waals surface area contributed by atoms with Crippen LogP contribution in [0, 0.1) is 0 Å². The van der Waals surface area contributed by atoms with Gasteiger partial charge in [-0.2, -0.15) is 0 Å². The molecule has 0 unspecified atom stereocenters. The van der Waals surface area contributed by atoms with Crippen LogP contribution in [-0.4, -0.2) is 36.0 Å². The summed E-state index contributed by atoms with van der Waals surface area (Å²) in [6, 6.07) is 3.55. The highest BCUT2D eigenvalue weighted by Crippen LogP contribution is 2.36. The molecule has 0 aliphatic carbocycles. The Morgan fingerprint density at radius 2 is 2.19 bits per heavy atom. The van der Waals surface area contributed by atoms with Crippen molar-refractivity contribution < 1.29 is 14.9 Å². The first kappa shape index (κ1) is 11.7. The van der Waals surface area contributed by atoms with Crippen molar-refractivity contribution in [2.24, 2.45) is 0 Å². The molecule has 1 aliphatic rings. The molecular formula is C11H14BrNO3. The molecule has 1 aromatic carbocycles. The average Bonchev–Trinajstić information content (AvgIpc) is 2.21. The highest BCUT2D eigenvalue weighted by Gasteiger charge is 2.34. The van der Waals surface area contributed by atoms with Crippen molar-refractivity contribution in [2.45, 2.75) is 12.0 Å². The lowest BCUT2D eigenvalue weighted by atomic mass is 9.89. The number of rotatable bonds is 3. The number of methoxy groups -OCH3 is 1. The van der Waals surface area contributed by atoms with Gasteiger partial charge in [0, 0.05) is 19.5 Å². The number of aromatic hydroxyl groups is 1. The summed E-state index contributed by atoms with van der Waals surface area (Å²) in [7, 11) is 1.50. The summed E-state index contributed by atoms with van der Waals surface area (Å²) in [5.74, 6) is 0.505. The van der Waals surface area contributed by atoms with Crippen LogP contribution in [0.2, 0.25) is 0 Å². The SMILES string of the molecule is COc1cc(CC2(O)CNC2)cc(Br)c1O. The molecule has 0 spiro atoms. The molecular weight excluding hydrogens is 274 g/mol. The molecule has 2 rings (SSSR count). The van der Waals surface area contributed by atoms with Gasteiger partial charge in [0.25, 0.3) is 0 Å². The Labute approximate surface area is 102 Å². The largest absolute Gasteiger partial charge is 0.503 e. The second kappa shape index (κ2) is 4.24. The van der Waals surface area contributed by atoms with Gasteiger partial charge < -0.3 is 20.3 Å². The molecule has 88 valence electrons. The second-order valence-electron chi connectivity index (χ2n) is 4.13. The van der Waals surface area contributed by atoms with Crippen LogP contribution in [0.3, 0.4) is 0 Å². The first-order chi connectivity index (χ1) is 7.54. The third-order valence-corrected chi connectivity index (χ3v) is 3.35. The Kier molecular flexibility index (Phi) is 3.10. The summed E-state index contributed by atoms with van der Waals surface area (Å²) in [6.45, 7) is 1.21. The van der Waals surface area contributed by atoms with E-state index in [1.54, 1.807) is 12.1 Å². The van der Waals surface area contributed by atoms with E-state index in [9.17, 15) is 10.2 Å². The number of phenols is 1.